The summed E-state index contributed by atoms with van der Waals surface area (Å²) in [5, 5.41) is 19.1. The number of likely N-dealkylation sites (tertiary alicyclic amines) is 1. The number of nitrogens with zero attached hydrogens (tertiary/aromatic N) is 5. The average molecular weight is 633 g/mol. The van der Waals surface area contributed by atoms with Crippen LogP contribution in [0.25, 0.3) is 11.0 Å². The number of anilines is 1. The van der Waals surface area contributed by atoms with E-state index < -0.39 is 5.60 Å². The quantitative estimate of drug-likeness (QED) is 0.177. The second kappa shape index (κ2) is 13.3. The van der Waals surface area contributed by atoms with Crippen molar-refractivity contribution in [2.45, 2.75) is 45.4 Å². The van der Waals surface area contributed by atoms with Crippen LogP contribution in [0.2, 0.25) is 0 Å². The number of fused-ring (bicyclic) bond motifs is 1. The summed E-state index contributed by atoms with van der Waals surface area (Å²) in [5.74, 6) is 3.36. The third-order valence-corrected chi connectivity index (χ3v) is 7.54. The molecule has 0 bridgehead atoms. The normalized spacial score (nSPS) is 14.4. The van der Waals surface area contributed by atoms with Crippen molar-refractivity contribution in [2.24, 2.45) is 0 Å². The minimum Gasteiger partial charge on any atom is -0.497 e. The second-order valence-corrected chi connectivity index (χ2v) is 12.2. The van der Waals surface area contributed by atoms with Crippen LogP contribution >= 0.6 is 0 Å². The smallest absolute Gasteiger partial charge is 0.410 e. The Labute approximate surface area is 273 Å². The lowest BCUT2D eigenvalue weighted by Crippen LogP contribution is -2.36. The topological polar surface area (TPSA) is 124 Å². The van der Waals surface area contributed by atoms with E-state index in [0.29, 0.717) is 71.5 Å². The Balaban J connectivity index is 1.31. The first kappa shape index (κ1) is 31.2. The summed E-state index contributed by atoms with van der Waals surface area (Å²) >= 11 is 0. The van der Waals surface area contributed by atoms with Crippen molar-refractivity contribution in [1.29, 1.82) is 5.26 Å². The Morgan fingerprint density at radius 3 is 2.47 bits per heavy atom. The van der Waals surface area contributed by atoms with Gasteiger partial charge in [-0.25, -0.2) is 14.5 Å². The zero-order valence-corrected chi connectivity index (χ0v) is 26.8. The number of methoxy groups -OCH3 is 1. The molecule has 0 spiro atoms. The molecule has 6 rings (SSSR count). The Bertz CT molecular complexity index is 1910. The van der Waals surface area contributed by atoms with Crippen LogP contribution in [-0.2, 0) is 11.3 Å². The summed E-state index contributed by atoms with van der Waals surface area (Å²) in [5.41, 5.74) is 1.34. The maximum absolute atomic E-state index is 12.8. The number of benzene rings is 3. The van der Waals surface area contributed by atoms with Gasteiger partial charge in [0, 0.05) is 37.5 Å². The number of ether oxygens (including phenoxy) is 4. The maximum Gasteiger partial charge on any atom is 0.410 e. The van der Waals surface area contributed by atoms with Crippen molar-refractivity contribution >= 4 is 22.9 Å². The number of carbonyl (C=O) groups excluding carboxylic acids is 1. The number of aromatic nitrogens is 3. The molecule has 1 aliphatic rings. The van der Waals surface area contributed by atoms with Crippen molar-refractivity contribution in [2.75, 3.05) is 25.5 Å². The molecule has 1 atom stereocenters. The van der Waals surface area contributed by atoms with E-state index in [1.807, 2.05) is 80.1 Å². The predicted octanol–water partition coefficient (Wildman–Crippen LogP) is 7.37. The molecular formula is C36H36N6O5. The van der Waals surface area contributed by atoms with Gasteiger partial charge in [0.15, 0.2) is 11.5 Å². The number of hydrogen-bond acceptors (Lipinski definition) is 9. The molecule has 1 unspecified atom stereocenters. The third kappa shape index (κ3) is 7.39. The Kier molecular flexibility index (Phi) is 8.84. The minimum atomic E-state index is -0.578. The molecule has 11 heteroatoms. The highest BCUT2D eigenvalue weighted by atomic mass is 16.6. The van der Waals surface area contributed by atoms with E-state index in [9.17, 15) is 10.1 Å². The van der Waals surface area contributed by atoms with Crippen LogP contribution < -0.4 is 19.5 Å². The van der Waals surface area contributed by atoms with Gasteiger partial charge in [0.05, 0.1) is 19.2 Å². The van der Waals surface area contributed by atoms with Crippen molar-refractivity contribution in [3.8, 4) is 34.8 Å². The van der Waals surface area contributed by atoms with Gasteiger partial charge in [0.2, 0.25) is 0 Å². The first-order chi connectivity index (χ1) is 22.7. The summed E-state index contributed by atoms with van der Waals surface area (Å²) < 4.78 is 25.1. The van der Waals surface area contributed by atoms with E-state index in [4.69, 9.17) is 24.0 Å². The van der Waals surface area contributed by atoms with Crippen LogP contribution in [0.4, 0.5) is 10.6 Å². The fraction of sp³-hybridized carbons (Fsp3) is 0.278. The van der Waals surface area contributed by atoms with Crippen LogP contribution in [-0.4, -0.2) is 57.6 Å². The van der Waals surface area contributed by atoms with Crippen molar-refractivity contribution in [3.63, 3.8) is 0 Å². The largest absolute Gasteiger partial charge is 0.497 e. The van der Waals surface area contributed by atoms with Gasteiger partial charge >= 0.3 is 6.09 Å². The SMILES string of the molecule is COc1ccc(Cn2nc(NC3CCN(C(=O)OC(C)(C)C)C3)c3c(Oc4ccc(Oc5ccccc5)cc4C#N)ccnc32)cc1. The molecule has 0 saturated carbocycles. The minimum absolute atomic E-state index is 0.0767. The van der Waals surface area contributed by atoms with Gasteiger partial charge < -0.3 is 29.2 Å². The molecule has 1 fully saturated rings. The molecule has 1 amide bonds. The molecule has 1 aliphatic heterocycles. The van der Waals surface area contributed by atoms with Gasteiger partial charge in [-0.1, -0.05) is 30.3 Å². The molecule has 0 radical (unpaired) electrons. The first-order valence-electron chi connectivity index (χ1n) is 15.4. The van der Waals surface area contributed by atoms with Crippen molar-refractivity contribution < 1.29 is 23.7 Å². The van der Waals surface area contributed by atoms with E-state index in [2.05, 4.69) is 16.4 Å². The zero-order chi connectivity index (χ0) is 33.0. The third-order valence-electron chi connectivity index (χ3n) is 7.54. The number of para-hydroxylation sites is 1. The van der Waals surface area contributed by atoms with Crippen LogP contribution in [0.1, 0.15) is 38.3 Å². The lowest BCUT2D eigenvalue weighted by Gasteiger charge is -2.24. The number of nitrogens with one attached hydrogen (secondary N) is 1. The van der Waals surface area contributed by atoms with E-state index in [1.54, 1.807) is 42.5 Å². The number of amides is 1. The predicted molar refractivity (Wildman–Crippen MR) is 177 cm³/mol. The molecule has 1 N–H and O–H groups in total. The molecule has 47 heavy (non-hydrogen) atoms. The zero-order valence-electron chi connectivity index (χ0n) is 26.8. The van der Waals surface area contributed by atoms with E-state index >= 15 is 0 Å². The monoisotopic (exact) mass is 632 g/mol. The number of rotatable bonds is 9. The number of pyridine rings is 1. The highest BCUT2D eigenvalue weighted by molar-refractivity contribution is 5.93. The number of nitriles is 1. The van der Waals surface area contributed by atoms with Gasteiger partial charge in [-0.15, -0.1) is 0 Å². The fourth-order valence-electron chi connectivity index (χ4n) is 5.33. The summed E-state index contributed by atoms with van der Waals surface area (Å²) in [7, 11) is 1.63. The van der Waals surface area contributed by atoms with E-state index in [1.165, 1.54) is 0 Å². The van der Waals surface area contributed by atoms with E-state index in [0.717, 1.165) is 11.3 Å². The Morgan fingerprint density at radius 1 is 0.979 bits per heavy atom. The number of hydrogen-bond donors (Lipinski definition) is 1. The van der Waals surface area contributed by atoms with Gasteiger partial charge in [-0.3, -0.25) is 0 Å². The first-order valence-corrected chi connectivity index (χ1v) is 15.4. The summed E-state index contributed by atoms with van der Waals surface area (Å²) in [6.07, 6.45) is 2.03. The molecule has 3 aromatic carbocycles. The highest BCUT2D eigenvalue weighted by Crippen LogP contribution is 2.37. The second-order valence-electron chi connectivity index (χ2n) is 12.2. The lowest BCUT2D eigenvalue weighted by atomic mass is 10.2. The molecule has 1 saturated heterocycles. The van der Waals surface area contributed by atoms with Crippen molar-refractivity contribution in [3.05, 3.63) is 96.2 Å². The molecule has 240 valence electrons. The molecule has 0 aliphatic carbocycles. The summed E-state index contributed by atoms with van der Waals surface area (Å²) in [4.78, 5) is 19.1. The summed E-state index contributed by atoms with van der Waals surface area (Å²) in [6.45, 7) is 7.03. The van der Waals surface area contributed by atoms with Crippen LogP contribution in [0.15, 0.2) is 85.1 Å². The Morgan fingerprint density at radius 2 is 1.74 bits per heavy atom. The van der Waals surface area contributed by atoms with Gasteiger partial charge in [0.1, 0.15) is 45.8 Å². The van der Waals surface area contributed by atoms with Crippen LogP contribution in [0.3, 0.4) is 0 Å². The van der Waals surface area contributed by atoms with Crippen LogP contribution in [0.5, 0.6) is 28.7 Å². The van der Waals surface area contributed by atoms with Gasteiger partial charge in [-0.05, 0) is 69.2 Å². The molecule has 5 aromatic rings. The average Bonchev–Trinajstić information content (AvgIpc) is 3.67. The molecule has 2 aromatic heterocycles. The number of carbonyl (C=O) groups is 1. The summed E-state index contributed by atoms with van der Waals surface area (Å²) in [6, 6.07) is 26.2. The standard InChI is InChI=1S/C36H36N6O5/c1-36(2,3)47-35(43)41-19-17-26(23-41)39-33-32-31(16-18-38-34(32)42(40-33)22-24-10-12-27(44-4)13-11-24)46-30-15-14-29(20-25(30)21-37)45-28-8-6-5-7-9-28/h5-16,18,20,26H,17,19,22-23H2,1-4H3,(H,39,40). The highest BCUT2D eigenvalue weighted by Gasteiger charge is 2.31. The molecule has 11 nitrogen and oxygen atoms in total. The lowest BCUT2D eigenvalue weighted by molar-refractivity contribution is 0.0293. The van der Waals surface area contributed by atoms with Crippen LogP contribution in [0, 0.1) is 11.3 Å². The van der Waals surface area contributed by atoms with Crippen molar-refractivity contribution in [1.82, 2.24) is 19.7 Å². The maximum atomic E-state index is 12.8. The Hall–Kier alpha value is -5.76. The van der Waals surface area contributed by atoms with Gasteiger partial charge in [0.25, 0.3) is 0 Å². The molecule has 3 heterocycles. The fourth-order valence-corrected chi connectivity index (χ4v) is 5.33. The van der Waals surface area contributed by atoms with E-state index in [-0.39, 0.29) is 12.1 Å². The van der Waals surface area contributed by atoms with Gasteiger partial charge in [-0.2, -0.15) is 10.4 Å². The molecular weight excluding hydrogens is 596 g/mol.